The van der Waals surface area contributed by atoms with Gasteiger partial charge in [-0.1, -0.05) is 6.92 Å². The van der Waals surface area contributed by atoms with Crippen LogP contribution in [-0.4, -0.2) is 64.6 Å². The first kappa shape index (κ1) is 17.0. The third-order valence-corrected chi connectivity index (χ3v) is 5.75. The normalized spacial score (nSPS) is 17.5. The van der Waals surface area contributed by atoms with Crippen LogP contribution in [-0.2, 0) is 10.0 Å². The third kappa shape index (κ3) is 3.18. The maximum atomic E-state index is 14.2. The fourth-order valence-corrected chi connectivity index (χ4v) is 3.94. The van der Waals surface area contributed by atoms with Crippen molar-refractivity contribution in [2.24, 2.45) is 0 Å². The number of ether oxygens (including phenoxy) is 2. The molecule has 22 heavy (non-hydrogen) atoms. The highest BCUT2D eigenvalue weighted by atomic mass is 32.2. The van der Waals surface area contributed by atoms with Gasteiger partial charge in [0.2, 0.25) is 10.0 Å². The Hall–Kier alpha value is -1.38. The minimum atomic E-state index is -3.89. The second kappa shape index (κ2) is 6.80. The highest BCUT2D eigenvalue weighted by Gasteiger charge is 2.31. The second-order valence-corrected chi connectivity index (χ2v) is 6.88. The molecule has 1 heterocycles. The van der Waals surface area contributed by atoms with E-state index in [4.69, 9.17) is 9.47 Å². The Morgan fingerprint density at radius 1 is 1.09 bits per heavy atom. The molecular weight excluding hydrogens is 311 g/mol. The number of nitrogens with zero attached hydrogens (tertiary/aromatic N) is 2. The van der Waals surface area contributed by atoms with Crippen molar-refractivity contribution in [1.82, 2.24) is 9.21 Å². The summed E-state index contributed by atoms with van der Waals surface area (Å²) in [5.74, 6) is -0.486. The van der Waals surface area contributed by atoms with E-state index in [1.165, 1.54) is 24.6 Å². The number of hydrogen-bond donors (Lipinski definition) is 0. The Labute approximate surface area is 130 Å². The smallest absolute Gasteiger partial charge is 0.246 e. The van der Waals surface area contributed by atoms with Crippen LogP contribution in [0.15, 0.2) is 17.0 Å². The first-order valence-corrected chi connectivity index (χ1v) is 8.52. The number of piperazine rings is 1. The Balaban J connectivity index is 2.34. The molecule has 1 aromatic rings. The topological polar surface area (TPSA) is 59.1 Å². The van der Waals surface area contributed by atoms with Crippen molar-refractivity contribution in [2.45, 2.75) is 11.8 Å². The summed E-state index contributed by atoms with van der Waals surface area (Å²) in [5.41, 5.74) is 0. The predicted molar refractivity (Wildman–Crippen MR) is 80.4 cm³/mol. The molecule has 0 unspecified atom stereocenters. The molecule has 1 aliphatic rings. The first-order valence-electron chi connectivity index (χ1n) is 7.08. The molecule has 0 radical (unpaired) electrons. The molecule has 0 saturated carbocycles. The fraction of sp³-hybridized carbons (Fsp3) is 0.571. The van der Waals surface area contributed by atoms with Crippen LogP contribution in [0.2, 0.25) is 0 Å². The van der Waals surface area contributed by atoms with Gasteiger partial charge in [0.25, 0.3) is 0 Å². The summed E-state index contributed by atoms with van der Waals surface area (Å²) in [6.45, 7) is 4.89. The monoisotopic (exact) mass is 332 g/mol. The summed E-state index contributed by atoms with van der Waals surface area (Å²) in [4.78, 5) is 1.77. The molecule has 0 bridgehead atoms. The van der Waals surface area contributed by atoms with Crippen LogP contribution in [0, 0.1) is 5.82 Å². The second-order valence-electron chi connectivity index (χ2n) is 4.98. The van der Waals surface area contributed by atoms with Gasteiger partial charge < -0.3 is 14.4 Å². The van der Waals surface area contributed by atoms with E-state index in [1.54, 1.807) is 0 Å². The lowest BCUT2D eigenvalue weighted by atomic mass is 10.3. The Kier molecular flexibility index (Phi) is 5.25. The average molecular weight is 332 g/mol. The van der Waals surface area contributed by atoms with Crippen molar-refractivity contribution < 1.29 is 22.3 Å². The van der Waals surface area contributed by atoms with Gasteiger partial charge in [-0.05, 0) is 6.54 Å². The van der Waals surface area contributed by atoms with E-state index >= 15 is 0 Å². The van der Waals surface area contributed by atoms with Crippen molar-refractivity contribution in [2.75, 3.05) is 46.9 Å². The van der Waals surface area contributed by atoms with E-state index in [-0.39, 0.29) is 16.4 Å². The maximum Gasteiger partial charge on any atom is 0.246 e. The molecule has 0 spiro atoms. The first-order chi connectivity index (χ1) is 10.4. The molecule has 2 rings (SSSR count). The molecule has 0 amide bonds. The number of hydrogen-bond acceptors (Lipinski definition) is 5. The Morgan fingerprint density at radius 2 is 1.64 bits per heavy atom. The summed E-state index contributed by atoms with van der Waals surface area (Å²) in [6.07, 6.45) is 0. The molecule has 0 atom stereocenters. The van der Waals surface area contributed by atoms with Crippen LogP contribution in [0.5, 0.6) is 11.5 Å². The van der Waals surface area contributed by atoms with Crippen molar-refractivity contribution in [3.05, 3.63) is 17.9 Å². The van der Waals surface area contributed by atoms with Gasteiger partial charge in [-0.3, -0.25) is 0 Å². The lowest BCUT2D eigenvalue weighted by Gasteiger charge is -2.33. The summed E-state index contributed by atoms with van der Waals surface area (Å²) in [5, 5.41) is 0. The minimum Gasteiger partial charge on any atom is -0.493 e. The average Bonchev–Trinajstić information content (AvgIpc) is 2.54. The quantitative estimate of drug-likeness (QED) is 0.810. The molecule has 1 aromatic carbocycles. The van der Waals surface area contributed by atoms with Gasteiger partial charge in [0, 0.05) is 38.3 Å². The van der Waals surface area contributed by atoms with Gasteiger partial charge >= 0.3 is 0 Å². The van der Waals surface area contributed by atoms with E-state index in [0.29, 0.717) is 26.2 Å². The number of methoxy groups -OCH3 is 2. The molecule has 0 N–H and O–H groups in total. The van der Waals surface area contributed by atoms with Gasteiger partial charge in [-0.15, -0.1) is 0 Å². The SMILES string of the molecule is CCN1CCN(S(=O)(=O)c2cc(OC)c(OC)cc2F)CC1. The Morgan fingerprint density at radius 3 is 2.14 bits per heavy atom. The summed E-state index contributed by atoms with van der Waals surface area (Å²) in [7, 11) is -1.13. The van der Waals surface area contributed by atoms with Crippen LogP contribution in [0.3, 0.4) is 0 Å². The molecule has 1 saturated heterocycles. The number of rotatable bonds is 5. The standard InChI is InChI=1S/C14H21FN2O4S/c1-4-16-5-7-17(8-6-16)22(18,19)14-10-13(21-3)12(20-2)9-11(14)15/h9-10H,4-8H2,1-3H3. The molecule has 6 nitrogen and oxygen atoms in total. The molecule has 0 aromatic heterocycles. The molecular formula is C14H21FN2O4S. The third-order valence-electron chi connectivity index (χ3n) is 3.83. The predicted octanol–water partition coefficient (Wildman–Crippen LogP) is 1.17. The van der Waals surface area contributed by atoms with Gasteiger partial charge in [0.05, 0.1) is 14.2 Å². The summed E-state index contributed by atoms with van der Waals surface area (Å²) < 4.78 is 50.8. The van der Waals surface area contributed by atoms with E-state index in [1.807, 2.05) is 6.92 Å². The molecule has 124 valence electrons. The minimum absolute atomic E-state index is 0.162. The number of halogens is 1. The van der Waals surface area contributed by atoms with Gasteiger partial charge in [-0.25, -0.2) is 12.8 Å². The highest BCUT2D eigenvalue weighted by Crippen LogP contribution is 2.33. The molecule has 8 heteroatoms. The zero-order valence-corrected chi connectivity index (χ0v) is 13.8. The molecule has 1 fully saturated rings. The van der Waals surface area contributed by atoms with Crippen molar-refractivity contribution in [3.8, 4) is 11.5 Å². The molecule has 0 aliphatic carbocycles. The number of likely N-dealkylation sites (N-methyl/N-ethyl adjacent to an activating group) is 1. The van der Waals surface area contributed by atoms with Crippen LogP contribution >= 0.6 is 0 Å². The van der Waals surface area contributed by atoms with Crippen LogP contribution in [0.1, 0.15) is 6.92 Å². The lowest BCUT2D eigenvalue weighted by molar-refractivity contribution is 0.196. The molecule has 1 aliphatic heterocycles. The largest absolute Gasteiger partial charge is 0.493 e. The number of benzene rings is 1. The van der Waals surface area contributed by atoms with Crippen LogP contribution < -0.4 is 9.47 Å². The van der Waals surface area contributed by atoms with Crippen LogP contribution in [0.4, 0.5) is 4.39 Å². The van der Waals surface area contributed by atoms with Crippen molar-refractivity contribution >= 4 is 10.0 Å². The fourth-order valence-electron chi connectivity index (χ4n) is 2.46. The van der Waals surface area contributed by atoms with Gasteiger partial charge in [0.15, 0.2) is 11.5 Å². The van der Waals surface area contributed by atoms with E-state index in [0.717, 1.165) is 12.6 Å². The zero-order valence-electron chi connectivity index (χ0n) is 13.0. The van der Waals surface area contributed by atoms with Crippen LogP contribution in [0.25, 0.3) is 0 Å². The maximum absolute atomic E-state index is 14.2. The van der Waals surface area contributed by atoms with Gasteiger partial charge in [0.1, 0.15) is 10.7 Å². The van der Waals surface area contributed by atoms with E-state index < -0.39 is 15.8 Å². The van der Waals surface area contributed by atoms with Crippen molar-refractivity contribution in [1.29, 1.82) is 0 Å². The highest BCUT2D eigenvalue weighted by molar-refractivity contribution is 7.89. The van der Waals surface area contributed by atoms with E-state index in [9.17, 15) is 12.8 Å². The van der Waals surface area contributed by atoms with Gasteiger partial charge in [-0.2, -0.15) is 4.31 Å². The summed E-state index contributed by atoms with van der Waals surface area (Å²) >= 11 is 0. The lowest BCUT2D eigenvalue weighted by Crippen LogP contribution is -2.48. The van der Waals surface area contributed by atoms with E-state index in [2.05, 4.69) is 4.90 Å². The Bertz CT molecular complexity index is 628. The zero-order chi connectivity index (χ0) is 16.3. The number of sulfonamides is 1. The van der Waals surface area contributed by atoms with Crippen molar-refractivity contribution in [3.63, 3.8) is 0 Å². The summed E-state index contributed by atoms with van der Waals surface area (Å²) in [6, 6.07) is 2.21.